The highest BCUT2D eigenvalue weighted by atomic mass is 16.5. The Kier molecular flexibility index (Phi) is 5.63. The molecule has 2 rings (SSSR count). The average molecular weight is 328 g/mol. The highest BCUT2D eigenvalue weighted by Gasteiger charge is 2.15. The van der Waals surface area contributed by atoms with Crippen LogP contribution in [0.2, 0.25) is 0 Å². The zero-order valence-corrected chi connectivity index (χ0v) is 14.3. The van der Waals surface area contributed by atoms with Crippen molar-refractivity contribution in [2.24, 2.45) is 0 Å². The Morgan fingerprint density at radius 2 is 1.17 bits per heavy atom. The molecule has 126 valence electrons. The number of hydrogen-bond donors (Lipinski definition) is 0. The summed E-state index contributed by atoms with van der Waals surface area (Å²) in [7, 11) is 0. The number of carbonyl (C=O) groups is 2. The van der Waals surface area contributed by atoms with Crippen molar-refractivity contribution in [2.75, 3.05) is 13.2 Å². The standard InChI is InChI=1S/C18H20N2O4/c1-5-23-17(21)13-7-9-15(19-11(13)3)16-10-8-14(12(4)20-16)18(22)24-6-2/h7-10H,5-6H2,1-4H3. The van der Waals surface area contributed by atoms with Crippen molar-refractivity contribution in [3.63, 3.8) is 0 Å². The van der Waals surface area contributed by atoms with E-state index in [1.54, 1.807) is 52.0 Å². The predicted octanol–water partition coefficient (Wildman–Crippen LogP) is 3.11. The summed E-state index contributed by atoms with van der Waals surface area (Å²) in [5, 5.41) is 0. The second-order valence-electron chi connectivity index (χ2n) is 5.10. The number of nitrogens with zero attached hydrogens (tertiary/aromatic N) is 2. The molecule has 0 aromatic carbocycles. The van der Waals surface area contributed by atoms with Gasteiger partial charge < -0.3 is 9.47 Å². The van der Waals surface area contributed by atoms with Crippen LogP contribution < -0.4 is 0 Å². The van der Waals surface area contributed by atoms with Gasteiger partial charge in [0.25, 0.3) is 0 Å². The van der Waals surface area contributed by atoms with Gasteiger partial charge in [-0.3, -0.25) is 9.97 Å². The van der Waals surface area contributed by atoms with Crippen LogP contribution in [0.3, 0.4) is 0 Å². The molecule has 0 aliphatic rings. The minimum Gasteiger partial charge on any atom is -0.462 e. The number of aromatic nitrogens is 2. The quantitative estimate of drug-likeness (QED) is 0.785. The van der Waals surface area contributed by atoms with Crippen molar-refractivity contribution in [1.82, 2.24) is 9.97 Å². The molecule has 0 aliphatic carbocycles. The van der Waals surface area contributed by atoms with Gasteiger partial charge >= 0.3 is 11.9 Å². The van der Waals surface area contributed by atoms with E-state index < -0.39 is 11.9 Å². The average Bonchev–Trinajstić information content (AvgIpc) is 2.54. The minimum atomic E-state index is -0.393. The second-order valence-corrected chi connectivity index (χ2v) is 5.10. The summed E-state index contributed by atoms with van der Waals surface area (Å²) < 4.78 is 9.99. The molecule has 0 amide bonds. The van der Waals surface area contributed by atoms with E-state index in [0.717, 1.165) is 0 Å². The number of ether oxygens (including phenoxy) is 2. The largest absolute Gasteiger partial charge is 0.462 e. The van der Waals surface area contributed by atoms with Crippen molar-refractivity contribution in [3.05, 3.63) is 46.8 Å². The number of carbonyl (C=O) groups excluding carboxylic acids is 2. The zero-order valence-electron chi connectivity index (χ0n) is 14.3. The highest BCUT2D eigenvalue weighted by molar-refractivity contribution is 5.91. The van der Waals surface area contributed by atoms with Crippen LogP contribution in [-0.4, -0.2) is 35.1 Å². The summed E-state index contributed by atoms with van der Waals surface area (Å²) in [6.07, 6.45) is 0. The molecule has 2 heterocycles. The first kappa shape index (κ1) is 17.6. The third-order valence-electron chi connectivity index (χ3n) is 3.42. The summed E-state index contributed by atoms with van der Waals surface area (Å²) in [5.41, 5.74) is 3.25. The van der Waals surface area contributed by atoms with E-state index in [0.29, 0.717) is 47.1 Å². The van der Waals surface area contributed by atoms with Gasteiger partial charge in [-0.1, -0.05) is 0 Å². The van der Waals surface area contributed by atoms with Crippen LogP contribution in [0.1, 0.15) is 46.0 Å². The van der Waals surface area contributed by atoms with Crippen molar-refractivity contribution in [3.8, 4) is 11.4 Å². The zero-order chi connectivity index (χ0) is 17.7. The lowest BCUT2D eigenvalue weighted by atomic mass is 10.1. The van der Waals surface area contributed by atoms with Gasteiger partial charge in [0.05, 0.1) is 47.1 Å². The number of esters is 2. The van der Waals surface area contributed by atoms with Crippen LogP contribution in [0.5, 0.6) is 0 Å². The predicted molar refractivity (Wildman–Crippen MR) is 88.9 cm³/mol. The number of hydrogen-bond acceptors (Lipinski definition) is 6. The molecule has 0 atom stereocenters. The smallest absolute Gasteiger partial charge is 0.339 e. The molecule has 0 saturated carbocycles. The number of aryl methyl sites for hydroxylation is 2. The normalized spacial score (nSPS) is 10.3. The molecule has 0 N–H and O–H groups in total. The Balaban J connectivity index is 2.32. The number of rotatable bonds is 5. The summed E-state index contributed by atoms with van der Waals surface area (Å²) in [5.74, 6) is -0.785. The molecular formula is C18H20N2O4. The molecule has 0 spiro atoms. The van der Waals surface area contributed by atoms with E-state index in [-0.39, 0.29) is 0 Å². The van der Waals surface area contributed by atoms with Crippen LogP contribution in [0.25, 0.3) is 11.4 Å². The van der Waals surface area contributed by atoms with Gasteiger partial charge in [0.1, 0.15) is 0 Å². The number of pyridine rings is 2. The van der Waals surface area contributed by atoms with E-state index in [2.05, 4.69) is 9.97 Å². The second kappa shape index (κ2) is 7.68. The van der Waals surface area contributed by atoms with Crippen molar-refractivity contribution >= 4 is 11.9 Å². The van der Waals surface area contributed by atoms with Gasteiger partial charge in [0, 0.05) is 0 Å². The van der Waals surface area contributed by atoms with Gasteiger partial charge in [-0.15, -0.1) is 0 Å². The Morgan fingerprint density at radius 3 is 1.46 bits per heavy atom. The molecule has 0 saturated heterocycles. The summed E-state index contributed by atoms with van der Waals surface area (Å²) >= 11 is 0. The molecule has 6 heteroatoms. The fourth-order valence-corrected chi connectivity index (χ4v) is 2.26. The lowest BCUT2D eigenvalue weighted by Gasteiger charge is -2.09. The van der Waals surface area contributed by atoms with Crippen LogP contribution >= 0.6 is 0 Å². The molecule has 0 fully saturated rings. The fourth-order valence-electron chi connectivity index (χ4n) is 2.26. The topological polar surface area (TPSA) is 78.4 Å². The highest BCUT2D eigenvalue weighted by Crippen LogP contribution is 2.20. The monoisotopic (exact) mass is 328 g/mol. The Morgan fingerprint density at radius 1 is 0.792 bits per heavy atom. The molecule has 0 bridgehead atoms. The molecule has 0 radical (unpaired) electrons. The molecule has 2 aromatic rings. The summed E-state index contributed by atoms with van der Waals surface area (Å²) in [4.78, 5) is 32.5. The van der Waals surface area contributed by atoms with Gasteiger partial charge in [-0.25, -0.2) is 9.59 Å². The van der Waals surface area contributed by atoms with Crippen LogP contribution in [-0.2, 0) is 9.47 Å². The maximum absolute atomic E-state index is 11.8. The molecule has 0 aliphatic heterocycles. The molecule has 6 nitrogen and oxygen atoms in total. The lowest BCUT2D eigenvalue weighted by molar-refractivity contribution is 0.0515. The maximum atomic E-state index is 11.8. The van der Waals surface area contributed by atoms with Crippen molar-refractivity contribution in [1.29, 1.82) is 0 Å². The summed E-state index contributed by atoms with van der Waals surface area (Å²) in [6, 6.07) is 6.77. The van der Waals surface area contributed by atoms with Crippen molar-refractivity contribution in [2.45, 2.75) is 27.7 Å². The van der Waals surface area contributed by atoms with Gasteiger partial charge in [-0.05, 0) is 52.0 Å². The van der Waals surface area contributed by atoms with Crippen LogP contribution in [0.15, 0.2) is 24.3 Å². The van der Waals surface area contributed by atoms with E-state index in [9.17, 15) is 9.59 Å². The third kappa shape index (κ3) is 3.76. The van der Waals surface area contributed by atoms with Gasteiger partial charge in [-0.2, -0.15) is 0 Å². The first-order valence-electron chi connectivity index (χ1n) is 7.77. The SMILES string of the molecule is CCOC(=O)c1ccc(-c2ccc(C(=O)OCC)c(C)n2)nc1C. The summed E-state index contributed by atoms with van der Waals surface area (Å²) in [6.45, 7) is 7.64. The van der Waals surface area contributed by atoms with Crippen LogP contribution in [0.4, 0.5) is 0 Å². The molecule has 0 unspecified atom stereocenters. The van der Waals surface area contributed by atoms with Gasteiger partial charge in [0.2, 0.25) is 0 Å². The Hall–Kier alpha value is -2.76. The fraction of sp³-hybridized carbons (Fsp3) is 0.333. The van der Waals surface area contributed by atoms with E-state index in [1.165, 1.54) is 0 Å². The van der Waals surface area contributed by atoms with E-state index >= 15 is 0 Å². The Labute approximate surface area is 140 Å². The van der Waals surface area contributed by atoms with Crippen LogP contribution in [0, 0.1) is 13.8 Å². The maximum Gasteiger partial charge on any atom is 0.339 e. The molecule has 2 aromatic heterocycles. The molecule has 24 heavy (non-hydrogen) atoms. The lowest BCUT2D eigenvalue weighted by Crippen LogP contribution is -2.09. The van der Waals surface area contributed by atoms with Crippen molar-refractivity contribution < 1.29 is 19.1 Å². The first-order chi connectivity index (χ1) is 11.5. The first-order valence-corrected chi connectivity index (χ1v) is 7.77. The van der Waals surface area contributed by atoms with Gasteiger partial charge in [0.15, 0.2) is 0 Å². The third-order valence-corrected chi connectivity index (χ3v) is 3.42. The van der Waals surface area contributed by atoms with E-state index in [4.69, 9.17) is 9.47 Å². The minimum absolute atomic E-state index is 0.316. The van der Waals surface area contributed by atoms with E-state index in [1.807, 2.05) is 0 Å². The molecular weight excluding hydrogens is 308 g/mol. The Bertz CT molecular complexity index is 706.